The maximum absolute atomic E-state index is 11.5. The lowest BCUT2D eigenvalue weighted by atomic mass is 9.95. The lowest BCUT2D eigenvalue weighted by molar-refractivity contribution is -0.116. The number of anilines is 1. The summed E-state index contributed by atoms with van der Waals surface area (Å²) in [7, 11) is 2.14. The third kappa shape index (κ3) is 4.92. The van der Waals surface area contributed by atoms with E-state index < -0.39 is 0 Å². The first kappa shape index (κ1) is 23.9. The molecule has 7 heteroatoms. The van der Waals surface area contributed by atoms with Crippen LogP contribution in [0.2, 0.25) is 0 Å². The van der Waals surface area contributed by atoms with Crippen LogP contribution in [0.25, 0.3) is 22.0 Å². The predicted molar refractivity (Wildman–Crippen MR) is 147 cm³/mol. The Balaban J connectivity index is 1.30. The first-order valence-corrected chi connectivity index (χ1v) is 13.4. The molecule has 3 aliphatic rings. The number of carbonyl (C=O) groups excluding carboxylic acids is 1. The first-order valence-electron chi connectivity index (χ1n) is 13.4. The molecular formula is C30H35N5O2. The van der Waals surface area contributed by atoms with Crippen LogP contribution < -0.4 is 15.4 Å². The topological polar surface area (TPSA) is 79.4 Å². The molecule has 1 saturated carbocycles. The Morgan fingerprint density at radius 1 is 1.22 bits per heavy atom. The smallest absolute Gasteiger partial charge is 0.318 e. The van der Waals surface area contributed by atoms with E-state index in [1.54, 1.807) is 0 Å². The number of likely N-dealkylation sites (tertiary alicyclic amines) is 1. The number of fused-ring (bicyclic) bond motifs is 2. The summed E-state index contributed by atoms with van der Waals surface area (Å²) in [5.41, 5.74) is 6.91. The van der Waals surface area contributed by atoms with E-state index in [0.717, 1.165) is 29.7 Å². The largest absolute Gasteiger partial charge is 0.462 e. The van der Waals surface area contributed by atoms with Gasteiger partial charge in [0.05, 0.1) is 5.52 Å². The third-order valence-electron chi connectivity index (χ3n) is 8.31. The van der Waals surface area contributed by atoms with E-state index in [4.69, 9.17) is 14.7 Å². The fraction of sp³-hybridized carbons (Fsp3) is 0.433. The number of nitrogens with zero attached hydrogens (tertiary/aromatic N) is 3. The molecule has 2 aromatic carbocycles. The minimum atomic E-state index is -0.188. The van der Waals surface area contributed by atoms with Gasteiger partial charge < -0.3 is 20.3 Å². The number of hydrogen-bond donors (Lipinski definition) is 2. The van der Waals surface area contributed by atoms with Crippen LogP contribution in [0.4, 0.5) is 5.82 Å². The summed E-state index contributed by atoms with van der Waals surface area (Å²) in [6, 6.07) is 14.0. The van der Waals surface area contributed by atoms with Crippen LogP contribution in [0.15, 0.2) is 49.1 Å². The van der Waals surface area contributed by atoms with Gasteiger partial charge in [0.1, 0.15) is 12.4 Å². The van der Waals surface area contributed by atoms with Gasteiger partial charge >= 0.3 is 6.01 Å². The normalized spacial score (nSPS) is 19.6. The Hall–Kier alpha value is -3.45. The monoisotopic (exact) mass is 497 g/mol. The number of benzene rings is 2. The molecule has 1 aliphatic heterocycles. The highest BCUT2D eigenvalue weighted by Crippen LogP contribution is 2.56. The molecule has 2 fully saturated rings. The summed E-state index contributed by atoms with van der Waals surface area (Å²) < 4.78 is 6.14. The van der Waals surface area contributed by atoms with E-state index in [9.17, 15) is 4.79 Å². The number of likely N-dealkylation sites (N-methyl/N-ethyl adjacent to an activating group) is 1. The molecular weight excluding hydrogens is 462 g/mol. The number of aromatic nitrogens is 2. The lowest BCUT2D eigenvalue weighted by Crippen LogP contribution is -2.31. The SMILES string of the molecule is C=CC(=O)NCCNc1nc(OC[C@@H]2CCCN2C)nc2cc(-c3cccc4c3CC3(CC3)C4)ccc12. The fourth-order valence-electron chi connectivity index (χ4n) is 5.93. The average Bonchev–Trinajstić information content (AvgIpc) is 3.35. The number of amides is 1. The quantitative estimate of drug-likeness (QED) is 0.338. The number of ether oxygens (including phenoxy) is 1. The van der Waals surface area contributed by atoms with Gasteiger partial charge in [0, 0.05) is 24.5 Å². The van der Waals surface area contributed by atoms with Gasteiger partial charge in [0.2, 0.25) is 5.91 Å². The van der Waals surface area contributed by atoms with Crippen molar-refractivity contribution in [3.05, 3.63) is 60.2 Å². The van der Waals surface area contributed by atoms with Crippen LogP contribution in [-0.4, -0.2) is 60.1 Å². The Labute approximate surface area is 218 Å². The van der Waals surface area contributed by atoms with Crippen molar-refractivity contribution in [3.8, 4) is 17.1 Å². The molecule has 7 nitrogen and oxygen atoms in total. The van der Waals surface area contributed by atoms with Crippen LogP contribution in [0.3, 0.4) is 0 Å². The number of nitrogens with one attached hydrogen (secondary N) is 2. The molecule has 1 amide bonds. The zero-order valence-corrected chi connectivity index (χ0v) is 21.6. The van der Waals surface area contributed by atoms with E-state index in [-0.39, 0.29) is 5.91 Å². The van der Waals surface area contributed by atoms with Crippen molar-refractivity contribution in [2.24, 2.45) is 5.41 Å². The van der Waals surface area contributed by atoms with Crippen molar-refractivity contribution in [2.75, 3.05) is 38.6 Å². The zero-order chi connectivity index (χ0) is 25.4. The van der Waals surface area contributed by atoms with Crippen LogP contribution in [0.1, 0.15) is 36.8 Å². The average molecular weight is 498 g/mol. The second-order valence-electron chi connectivity index (χ2n) is 10.9. The Morgan fingerprint density at radius 3 is 2.89 bits per heavy atom. The first-order chi connectivity index (χ1) is 18.0. The van der Waals surface area contributed by atoms with Crippen molar-refractivity contribution >= 4 is 22.6 Å². The molecule has 3 aromatic rings. The highest BCUT2D eigenvalue weighted by Gasteiger charge is 2.47. The van der Waals surface area contributed by atoms with Crippen LogP contribution >= 0.6 is 0 Å². The molecule has 2 aliphatic carbocycles. The summed E-state index contributed by atoms with van der Waals surface area (Å²) in [6.45, 7) is 6.18. The van der Waals surface area contributed by atoms with Gasteiger partial charge in [-0.1, -0.05) is 30.8 Å². The molecule has 0 radical (unpaired) electrons. The van der Waals surface area contributed by atoms with Gasteiger partial charge in [-0.05, 0) is 98.0 Å². The van der Waals surface area contributed by atoms with Gasteiger partial charge in [-0.15, -0.1) is 0 Å². The summed E-state index contributed by atoms with van der Waals surface area (Å²) in [6.07, 6.45) is 8.71. The molecule has 0 bridgehead atoms. The van der Waals surface area contributed by atoms with Crippen molar-refractivity contribution in [2.45, 2.75) is 44.6 Å². The lowest BCUT2D eigenvalue weighted by Gasteiger charge is -2.19. The van der Waals surface area contributed by atoms with Gasteiger partial charge in [-0.2, -0.15) is 9.97 Å². The third-order valence-corrected chi connectivity index (χ3v) is 8.31. The highest BCUT2D eigenvalue weighted by molar-refractivity contribution is 5.93. The molecule has 1 atom stereocenters. The summed E-state index contributed by atoms with van der Waals surface area (Å²) in [4.78, 5) is 23.4. The van der Waals surface area contributed by atoms with E-state index in [0.29, 0.717) is 37.2 Å². The number of hydrogen-bond acceptors (Lipinski definition) is 6. The molecule has 2 N–H and O–H groups in total. The minimum absolute atomic E-state index is 0.188. The molecule has 1 spiro atoms. The van der Waals surface area contributed by atoms with Gasteiger partial charge in [0.15, 0.2) is 0 Å². The van der Waals surface area contributed by atoms with E-state index in [2.05, 4.69) is 65.6 Å². The van der Waals surface area contributed by atoms with Crippen molar-refractivity contribution in [1.82, 2.24) is 20.2 Å². The summed E-state index contributed by atoms with van der Waals surface area (Å²) >= 11 is 0. The zero-order valence-electron chi connectivity index (χ0n) is 21.6. The molecule has 2 heterocycles. The van der Waals surface area contributed by atoms with Crippen LogP contribution in [-0.2, 0) is 17.6 Å². The Kier molecular flexibility index (Phi) is 6.32. The molecule has 0 unspecified atom stereocenters. The maximum Gasteiger partial charge on any atom is 0.318 e. The predicted octanol–water partition coefficient (Wildman–Crippen LogP) is 4.36. The van der Waals surface area contributed by atoms with Crippen LogP contribution in [0, 0.1) is 5.41 Å². The van der Waals surface area contributed by atoms with Gasteiger partial charge in [-0.3, -0.25) is 4.79 Å². The minimum Gasteiger partial charge on any atom is -0.462 e. The Bertz CT molecular complexity index is 1350. The van der Waals surface area contributed by atoms with Crippen molar-refractivity contribution in [3.63, 3.8) is 0 Å². The molecule has 37 heavy (non-hydrogen) atoms. The molecule has 1 aromatic heterocycles. The van der Waals surface area contributed by atoms with E-state index in [1.807, 2.05) is 0 Å². The number of carbonyl (C=O) groups is 1. The second kappa shape index (κ2) is 9.78. The van der Waals surface area contributed by atoms with E-state index >= 15 is 0 Å². The maximum atomic E-state index is 11.5. The second-order valence-corrected chi connectivity index (χ2v) is 10.9. The van der Waals surface area contributed by atoms with Crippen molar-refractivity contribution in [1.29, 1.82) is 0 Å². The Morgan fingerprint density at radius 2 is 2.11 bits per heavy atom. The van der Waals surface area contributed by atoms with Gasteiger partial charge in [-0.25, -0.2) is 0 Å². The molecule has 192 valence electrons. The summed E-state index contributed by atoms with van der Waals surface area (Å²) in [5, 5.41) is 7.11. The number of rotatable bonds is 9. The van der Waals surface area contributed by atoms with Crippen molar-refractivity contribution < 1.29 is 9.53 Å². The molecule has 6 rings (SSSR count). The summed E-state index contributed by atoms with van der Waals surface area (Å²) in [5.74, 6) is 0.529. The highest BCUT2D eigenvalue weighted by atomic mass is 16.5. The fourth-order valence-corrected chi connectivity index (χ4v) is 5.93. The standard InChI is InChI=1S/C30H35N5O2/c1-3-27(36)31-13-14-32-28-24-10-9-20(23-8-4-6-21-17-30(11-12-30)18-25(21)23)16-26(24)33-29(34-28)37-19-22-7-5-15-35(22)2/h3-4,6,8-10,16,22H,1,5,7,11-15,17-19H2,2H3,(H,31,36)(H,32,33,34)/t22-/m0/s1. The van der Waals surface area contributed by atoms with E-state index in [1.165, 1.54) is 60.4 Å². The molecule has 1 saturated heterocycles. The van der Waals surface area contributed by atoms with Crippen LogP contribution in [0.5, 0.6) is 6.01 Å². The van der Waals surface area contributed by atoms with Gasteiger partial charge in [0.25, 0.3) is 0 Å².